The Balaban J connectivity index is 1.54. The monoisotopic (exact) mass is 654 g/mol. The Kier molecular flexibility index (Phi) is 9.55. The molecule has 3 aliphatic heterocycles. The summed E-state index contributed by atoms with van der Waals surface area (Å²) in [6, 6.07) is 16.9. The zero-order chi connectivity index (χ0) is 34.2. The quantitative estimate of drug-likeness (QED) is 0.235. The molecule has 256 valence electrons. The second-order valence-electron chi connectivity index (χ2n) is 14.7. The number of aliphatic carboxylic acids is 1. The number of aromatic nitrogens is 3. The van der Waals surface area contributed by atoms with Gasteiger partial charge in [-0.1, -0.05) is 31.2 Å². The summed E-state index contributed by atoms with van der Waals surface area (Å²) in [6.45, 7) is 16.1. The maximum Gasteiger partial charge on any atom is 0.337 e. The number of carboxylic acids is 1. The molecule has 7 rings (SSSR count). The number of carboxylic acid groups (broad SMARTS) is 1. The molecular formula is C39H50N4O5. The minimum absolute atomic E-state index is 0.0705. The lowest BCUT2D eigenvalue weighted by molar-refractivity contribution is -0.160. The van der Waals surface area contributed by atoms with Crippen molar-refractivity contribution >= 4 is 17.4 Å². The maximum absolute atomic E-state index is 12.8. The number of piperidine rings is 1. The average Bonchev–Trinajstić information content (AvgIpc) is 3.46. The smallest absolute Gasteiger partial charge is 0.337 e. The first-order valence-electron chi connectivity index (χ1n) is 17.4. The van der Waals surface area contributed by atoms with Crippen LogP contribution in [0, 0.1) is 6.92 Å². The Bertz CT molecular complexity index is 1780. The van der Waals surface area contributed by atoms with Crippen LogP contribution in [-0.4, -0.2) is 62.7 Å². The van der Waals surface area contributed by atoms with Crippen LogP contribution in [0.3, 0.4) is 0 Å². The van der Waals surface area contributed by atoms with Crippen LogP contribution < -0.4 is 9.64 Å². The fourth-order valence-electron chi connectivity index (χ4n) is 6.89. The maximum atomic E-state index is 12.8. The van der Waals surface area contributed by atoms with Gasteiger partial charge in [-0.25, -0.2) is 9.78 Å². The summed E-state index contributed by atoms with van der Waals surface area (Å²) in [6.07, 6.45) is 4.32. The van der Waals surface area contributed by atoms with E-state index in [4.69, 9.17) is 24.3 Å². The van der Waals surface area contributed by atoms with E-state index in [0.717, 1.165) is 66.7 Å². The largest absolute Gasteiger partial charge is 0.490 e. The zero-order valence-electron chi connectivity index (χ0n) is 29.5. The van der Waals surface area contributed by atoms with Gasteiger partial charge < -0.3 is 24.2 Å². The molecular weight excluding hydrogens is 604 g/mol. The van der Waals surface area contributed by atoms with Gasteiger partial charge in [0.25, 0.3) is 0 Å². The van der Waals surface area contributed by atoms with Gasteiger partial charge in [-0.3, -0.25) is 0 Å². The normalized spacial score (nSPS) is 21.1. The third kappa shape index (κ3) is 7.22. The molecule has 9 nitrogen and oxygen atoms in total. The molecule has 9 heteroatoms. The summed E-state index contributed by atoms with van der Waals surface area (Å²) >= 11 is 0. The summed E-state index contributed by atoms with van der Waals surface area (Å²) in [5, 5.41) is 15.6. The summed E-state index contributed by atoms with van der Waals surface area (Å²) in [5.74, 6) is 0.537. The van der Waals surface area contributed by atoms with Crippen LogP contribution in [0.15, 0.2) is 48.5 Å². The molecule has 2 atom stereocenters. The van der Waals surface area contributed by atoms with Crippen molar-refractivity contribution in [3.63, 3.8) is 0 Å². The fraction of sp³-hybridized carbons (Fsp3) is 0.513. The molecule has 0 unspecified atom stereocenters. The Labute approximate surface area is 284 Å². The van der Waals surface area contributed by atoms with Crippen LogP contribution in [-0.2, 0) is 20.7 Å². The number of fused-ring (bicyclic) bond motifs is 8. The van der Waals surface area contributed by atoms with Gasteiger partial charge in [-0.15, -0.1) is 0 Å². The van der Waals surface area contributed by atoms with Crippen molar-refractivity contribution in [2.45, 2.75) is 110 Å². The third-order valence-electron chi connectivity index (χ3n) is 9.59. The molecule has 0 spiro atoms. The van der Waals surface area contributed by atoms with Crippen LogP contribution in [0.25, 0.3) is 28.0 Å². The molecule has 6 bridgehead atoms. The van der Waals surface area contributed by atoms with Crippen molar-refractivity contribution in [3.8, 4) is 28.1 Å². The summed E-state index contributed by atoms with van der Waals surface area (Å²) in [5.41, 5.74) is 5.91. The van der Waals surface area contributed by atoms with E-state index in [2.05, 4.69) is 68.1 Å². The highest BCUT2D eigenvalue weighted by Gasteiger charge is 2.38. The molecule has 1 saturated heterocycles. The molecule has 0 saturated carbocycles. The Morgan fingerprint density at radius 1 is 1.10 bits per heavy atom. The van der Waals surface area contributed by atoms with Gasteiger partial charge in [-0.2, -0.15) is 9.61 Å². The Hall–Kier alpha value is -3.95. The molecule has 2 aromatic carbocycles. The predicted molar refractivity (Wildman–Crippen MR) is 189 cm³/mol. The number of benzene rings is 2. The number of aryl methyl sites for hydroxylation is 2. The van der Waals surface area contributed by atoms with Gasteiger partial charge >= 0.3 is 5.97 Å². The lowest BCUT2D eigenvalue weighted by atomic mass is 9.92. The molecule has 4 aromatic rings. The van der Waals surface area contributed by atoms with Crippen molar-refractivity contribution in [2.75, 3.05) is 24.6 Å². The number of ether oxygens (including phenoxy) is 3. The van der Waals surface area contributed by atoms with Crippen LogP contribution in [0.2, 0.25) is 0 Å². The van der Waals surface area contributed by atoms with Gasteiger partial charge in [0, 0.05) is 42.6 Å². The predicted octanol–water partition coefficient (Wildman–Crippen LogP) is 8.20. The van der Waals surface area contributed by atoms with Gasteiger partial charge in [0.15, 0.2) is 11.8 Å². The summed E-state index contributed by atoms with van der Waals surface area (Å²) < 4.78 is 21.2. The summed E-state index contributed by atoms with van der Waals surface area (Å²) in [7, 11) is 0. The number of nitrogens with zero attached hydrogens (tertiary/aromatic N) is 4. The van der Waals surface area contributed by atoms with E-state index in [1.807, 2.05) is 38.3 Å². The van der Waals surface area contributed by atoms with Gasteiger partial charge in [-0.05, 0) is 109 Å². The van der Waals surface area contributed by atoms with E-state index in [9.17, 15) is 9.90 Å². The van der Waals surface area contributed by atoms with Crippen LogP contribution in [0.1, 0.15) is 96.6 Å². The Morgan fingerprint density at radius 2 is 1.85 bits per heavy atom. The standard InChI is InChI=1S/C39H50N4O5/c1-8-27-15-16-32-30(22-27)28-13-11-14-29(23-28)31-24-33-40-26(3)34(35(37(44)45)48-38(4,5)6)36(43(33)41-31)42-19-17-39(7,18-20-42)46-21-10-9-12-25(2)47-32/h11,13-16,22-25,35H,8-10,12,17-21H2,1-7H3,(H,44,45)/t25-,35-/m0/s1. The minimum Gasteiger partial charge on any atom is -0.490 e. The van der Waals surface area contributed by atoms with Crippen LogP contribution in [0.5, 0.6) is 5.75 Å². The number of hydrogen-bond acceptors (Lipinski definition) is 7. The first-order valence-corrected chi connectivity index (χ1v) is 17.4. The number of carbonyl (C=O) groups is 1. The molecule has 48 heavy (non-hydrogen) atoms. The highest BCUT2D eigenvalue weighted by molar-refractivity contribution is 5.80. The van der Waals surface area contributed by atoms with Gasteiger partial charge in [0.1, 0.15) is 11.6 Å². The first-order chi connectivity index (χ1) is 22.8. The average molecular weight is 655 g/mol. The van der Waals surface area contributed by atoms with E-state index in [-0.39, 0.29) is 11.7 Å². The molecule has 0 radical (unpaired) electrons. The third-order valence-corrected chi connectivity index (χ3v) is 9.59. The van der Waals surface area contributed by atoms with E-state index < -0.39 is 17.7 Å². The minimum atomic E-state index is -1.21. The van der Waals surface area contributed by atoms with E-state index >= 15 is 0 Å². The Morgan fingerprint density at radius 3 is 2.56 bits per heavy atom. The molecule has 1 fully saturated rings. The van der Waals surface area contributed by atoms with Crippen LogP contribution >= 0.6 is 0 Å². The number of rotatable bonds is 4. The van der Waals surface area contributed by atoms with Crippen molar-refractivity contribution in [1.29, 1.82) is 0 Å². The van der Waals surface area contributed by atoms with E-state index in [0.29, 0.717) is 42.4 Å². The highest BCUT2D eigenvalue weighted by atomic mass is 16.5. The SMILES string of the molecule is CCc1ccc2c(c1)-c1cccc(c1)-c1cc3nc(C)c([C@H](OC(C)(C)C)C(=O)O)c(n3n1)N1CCC(C)(CC1)OCCCC[C@H](C)O2. The number of anilines is 1. The topological polar surface area (TPSA) is 98.4 Å². The van der Waals surface area contributed by atoms with E-state index in [1.165, 1.54) is 5.56 Å². The first kappa shape index (κ1) is 33.9. The lowest BCUT2D eigenvalue weighted by Crippen LogP contribution is -2.46. The van der Waals surface area contributed by atoms with Crippen molar-refractivity contribution < 1.29 is 24.1 Å². The van der Waals surface area contributed by atoms with Crippen molar-refractivity contribution in [2.24, 2.45) is 0 Å². The molecule has 0 aliphatic carbocycles. The molecule has 3 aliphatic rings. The van der Waals surface area contributed by atoms with Crippen molar-refractivity contribution in [1.82, 2.24) is 14.6 Å². The second-order valence-corrected chi connectivity index (χ2v) is 14.7. The second kappa shape index (κ2) is 13.5. The number of hydrogen-bond donors (Lipinski definition) is 1. The van der Waals surface area contributed by atoms with Crippen molar-refractivity contribution in [3.05, 3.63) is 65.4 Å². The molecule has 0 amide bonds. The zero-order valence-corrected chi connectivity index (χ0v) is 29.5. The van der Waals surface area contributed by atoms with Gasteiger partial charge in [0.05, 0.1) is 28.6 Å². The van der Waals surface area contributed by atoms with Gasteiger partial charge in [0.2, 0.25) is 0 Å². The highest BCUT2D eigenvalue weighted by Crippen LogP contribution is 2.39. The van der Waals surface area contributed by atoms with Crippen LogP contribution in [0.4, 0.5) is 5.82 Å². The lowest BCUT2D eigenvalue weighted by Gasteiger charge is -2.41. The fourth-order valence-corrected chi connectivity index (χ4v) is 6.89. The summed E-state index contributed by atoms with van der Waals surface area (Å²) in [4.78, 5) is 20.0. The molecule has 1 N–H and O–H groups in total. The van der Waals surface area contributed by atoms with E-state index in [1.54, 1.807) is 0 Å². The molecule has 2 aromatic heterocycles. The molecule has 5 heterocycles.